The molecule has 0 saturated heterocycles. The van der Waals surface area contributed by atoms with Crippen LogP contribution in [0.1, 0.15) is 17.2 Å². The molecule has 11 heteroatoms. The molecule has 33 heavy (non-hydrogen) atoms. The Morgan fingerprint density at radius 1 is 1.24 bits per heavy atom. The predicted octanol–water partition coefficient (Wildman–Crippen LogP) is 2.62. The van der Waals surface area contributed by atoms with Crippen molar-refractivity contribution in [1.82, 2.24) is 15.5 Å². The van der Waals surface area contributed by atoms with E-state index in [0.29, 0.717) is 29.8 Å². The minimum atomic E-state index is -1.23. The Morgan fingerprint density at radius 3 is 2.76 bits per heavy atom. The maximum Gasteiger partial charge on any atom is 0.341 e. The molecule has 1 atom stereocenters. The first-order chi connectivity index (χ1) is 15.9. The summed E-state index contributed by atoms with van der Waals surface area (Å²) < 4.78 is 33.7. The number of aliphatic carboxylic acids is 1. The number of rotatable bonds is 7. The lowest BCUT2D eigenvalue weighted by Gasteiger charge is -2.23. The van der Waals surface area contributed by atoms with Gasteiger partial charge in [0.2, 0.25) is 0 Å². The summed E-state index contributed by atoms with van der Waals surface area (Å²) in [5.74, 6) is -2.52. The van der Waals surface area contributed by atoms with Crippen molar-refractivity contribution in [2.24, 2.45) is 0 Å². The summed E-state index contributed by atoms with van der Waals surface area (Å²) in [6.45, 7) is -0.929. The first-order valence-electron chi connectivity index (χ1n) is 10.0. The van der Waals surface area contributed by atoms with Crippen LogP contribution in [0.2, 0.25) is 0 Å². The smallest absolute Gasteiger partial charge is 0.341 e. The Morgan fingerprint density at radius 2 is 2.06 bits per heavy atom. The number of amides is 2. The van der Waals surface area contributed by atoms with Crippen molar-refractivity contribution < 1.29 is 33.3 Å². The molecule has 0 spiro atoms. The van der Waals surface area contributed by atoms with Crippen LogP contribution in [0.3, 0.4) is 0 Å². The number of fused-ring (bicyclic) bond motifs is 1. The SMILES string of the molecule is O=C(O)COc1cc(F)cc([C@@H](CO)NC(=O)N2CCc3cc(-c4cn[nH]c4)c(F)cc32)c1. The number of aliphatic hydroxyl groups is 1. The van der Waals surface area contributed by atoms with E-state index >= 15 is 0 Å². The number of ether oxygens (including phenoxy) is 1. The highest BCUT2D eigenvalue weighted by Gasteiger charge is 2.28. The Labute approximate surface area is 186 Å². The molecule has 2 amide bonds. The van der Waals surface area contributed by atoms with Crippen LogP contribution >= 0.6 is 0 Å². The highest BCUT2D eigenvalue weighted by Crippen LogP contribution is 2.34. The molecule has 1 aliphatic heterocycles. The number of carbonyl (C=O) groups is 2. The first-order valence-corrected chi connectivity index (χ1v) is 10.0. The van der Waals surface area contributed by atoms with Crippen LogP contribution in [-0.2, 0) is 11.2 Å². The van der Waals surface area contributed by atoms with Crippen molar-refractivity contribution in [2.75, 3.05) is 24.7 Å². The highest BCUT2D eigenvalue weighted by molar-refractivity contribution is 5.95. The molecule has 1 aromatic heterocycles. The minimum Gasteiger partial charge on any atom is -0.482 e. The van der Waals surface area contributed by atoms with E-state index in [9.17, 15) is 23.5 Å². The van der Waals surface area contributed by atoms with E-state index in [0.717, 1.165) is 17.7 Å². The van der Waals surface area contributed by atoms with Crippen molar-refractivity contribution in [3.63, 3.8) is 0 Å². The van der Waals surface area contributed by atoms with Gasteiger partial charge in [-0.25, -0.2) is 18.4 Å². The van der Waals surface area contributed by atoms with E-state index in [1.807, 2.05) is 0 Å². The van der Waals surface area contributed by atoms with Gasteiger partial charge in [0.25, 0.3) is 0 Å². The Bertz CT molecular complexity index is 1190. The molecule has 0 saturated carbocycles. The van der Waals surface area contributed by atoms with Gasteiger partial charge < -0.3 is 20.3 Å². The van der Waals surface area contributed by atoms with Crippen LogP contribution in [-0.4, -0.2) is 52.2 Å². The molecule has 172 valence electrons. The molecular formula is C22H20F2N4O5. The van der Waals surface area contributed by atoms with Crippen LogP contribution in [0.4, 0.5) is 19.3 Å². The highest BCUT2D eigenvalue weighted by atomic mass is 19.1. The topological polar surface area (TPSA) is 128 Å². The molecule has 0 bridgehead atoms. The largest absolute Gasteiger partial charge is 0.482 e. The quantitative estimate of drug-likeness (QED) is 0.431. The van der Waals surface area contributed by atoms with Crippen molar-refractivity contribution in [1.29, 1.82) is 0 Å². The van der Waals surface area contributed by atoms with Gasteiger partial charge in [0.1, 0.15) is 17.4 Å². The van der Waals surface area contributed by atoms with Gasteiger partial charge in [0.05, 0.1) is 24.5 Å². The number of carbonyl (C=O) groups excluding carboxylic acids is 1. The van der Waals surface area contributed by atoms with Crippen LogP contribution in [0.25, 0.3) is 11.1 Å². The Hall–Kier alpha value is -3.99. The second-order valence-electron chi connectivity index (χ2n) is 7.44. The van der Waals surface area contributed by atoms with Crippen LogP contribution in [0, 0.1) is 11.6 Å². The van der Waals surface area contributed by atoms with Gasteiger partial charge >= 0.3 is 12.0 Å². The maximum absolute atomic E-state index is 14.7. The fourth-order valence-electron chi connectivity index (χ4n) is 3.72. The summed E-state index contributed by atoms with van der Waals surface area (Å²) >= 11 is 0. The van der Waals surface area contributed by atoms with Gasteiger partial charge in [-0.2, -0.15) is 5.10 Å². The molecular weight excluding hydrogens is 438 g/mol. The lowest BCUT2D eigenvalue weighted by atomic mass is 10.0. The molecule has 0 radical (unpaired) electrons. The van der Waals surface area contributed by atoms with Gasteiger partial charge in [-0.3, -0.25) is 10.00 Å². The number of anilines is 1. The number of aromatic amines is 1. The standard InChI is InChI=1S/C22H20F2N4O5/c23-15-3-13(4-16(6-15)33-11-21(30)31)19(10-29)27-22(32)28-2-1-12-5-17(14-8-25-26-9-14)18(24)7-20(12)28/h3-9,19,29H,1-2,10-11H2,(H,25,26)(H,27,32)(H,30,31)/t19-/m1/s1. The van der Waals surface area contributed by atoms with E-state index < -0.39 is 42.9 Å². The first kappa shape index (κ1) is 22.2. The van der Waals surface area contributed by atoms with Gasteiger partial charge in [0.15, 0.2) is 6.61 Å². The molecule has 2 aromatic carbocycles. The summed E-state index contributed by atoms with van der Waals surface area (Å²) in [6.07, 6.45) is 3.58. The summed E-state index contributed by atoms with van der Waals surface area (Å²) in [5, 5.41) is 27.6. The molecule has 0 unspecified atom stereocenters. The maximum atomic E-state index is 14.7. The molecule has 4 N–H and O–H groups in total. The number of nitrogens with one attached hydrogen (secondary N) is 2. The number of halogens is 2. The van der Waals surface area contributed by atoms with Gasteiger partial charge in [0, 0.05) is 29.9 Å². The Balaban J connectivity index is 1.53. The lowest BCUT2D eigenvalue weighted by molar-refractivity contribution is -0.139. The molecule has 3 aromatic rings. The zero-order chi connectivity index (χ0) is 23.5. The molecule has 4 rings (SSSR count). The fraction of sp³-hybridized carbons (Fsp3) is 0.227. The average molecular weight is 458 g/mol. The van der Waals surface area contributed by atoms with E-state index in [2.05, 4.69) is 15.5 Å². The van der Waals surface area contributed by atoms with Crippen molar-refractivity contribution in [3.05, 3.63) is 65.5 Å². The van der Waals surface area contributed by atoms with E-state index in [-0.39, 0.29) is 11.3 Å². The molecule has 0 aliphatic carbocycles. The van der Waals surface area contributed by atoms with Crippen LogP contribution in [0.5, 0.6) is 5.75 Å². The summed E-state index contributed by atoms with van der Waals surface area (Å²) in [7, 11) is 0. The monoisotopic (exact) mass is 458 g/mol. The predicted molar refractivity (Wildman–Crippen MR) is 113 cm³/mol. The average Bonchev–Trinajstić information content (AvgIpc) is 3.44. The van der Waals surface area contributed by atoms with E-state index in [4.69, 9.17) is 9.84 Å². The number of nitrogens with zero attached hydrogens (tertiary/aromatic N) is 2. The van der Waals surface area contributed by atoms with Crippen molar-refractivity contribution in [2.45, 2.75) is 12.5 Å². The molecule has 9 nitrogen and oxygen atoms in total. The zero-order valence-corrected chi connectivity index (χ0v) is 17.2. The fourth-order valence-corrected chi connectivity index (χ4v) is 3.72. The number of benzene rings is 2. The number of aliphatic hydroxyl groups excluding tert-OH is 1. The number of aromatic nitrogens is 2. The van der Waals surface area contributed by atoms with Gasteiger partial charge in [-0.15, -0.1) is 0 Å². The minimum absolute atomic E-state index is 0.0551. The van der Waals surface area contributed by atoms with Crippen molar-refractivity contribution >= 4 is 17.7 Å². The third kappa shape index (κ3) is 4.77. The third-order valence-corrected chi connectivity index (χ3v) is 5.26. The van der Waals surface area contributed by atoms with Crippen molar-refractivity contribution in [3.8, 4) is 16.9 Å². The summed E-state index contributed by atoms with van der Waals surface area (Å²) in [4.78, 5) is 25.0. The number of urea groups is 1. The lowest BCUT2D eigenvalue weighted by Crippen LogP contribution is -2.42. The number of hydrogen-bond donors (Lipinski definition) is 4. The summed E-state index contributed by atoms with van der Waals surface area (Å²) in [6, 6.07) is 4.79. The summed E-state index contributed by atoms with van der Waals surface area (Å²) in [5.41, 5.74) is 2.32. The third-order valence-electron chi connectivity index (χ3n) is 5.26. The second-order valence-corrected chi connectivity index (χ2v) is 7.44. The number of carboxylic acid groups (broad SMARTS) is 1. The van der Waals surface area contributed by atoms with Gasteiger partial charge in [-0.05, 0) is 41.8 Å². The van der Waals surface area contributed by atoms with E-state index in [1.54, 1.807) is 12.3 Å². The second kappa shape index (κ2) is 9.25. The molecule has 0 fully saturated rings. The number of H-pyrrole nitrogens is 1. The Kier molecular flexibility index (Phi) is 6.22. The zero-order valence-electron chi connectivity index (χ0n) is 17.2. The van der Waals surface area contributed by atoms with Crippen LogP contribution in [0.15, 0.2) is 42.7 Å². The number of carboxylic acids is 1. The molecule has 1 aliphatic rings. The van der Waals surface area contributed by atoms with E-state index in [1.165, 1.54) is 23.2 Å². The molecule has 2 heterocycles. The normalized spacial score (nSPS) is 13.5. The number of hydrogen-bond acceptors (Lipinski definition) is 5. The van der Waals surface area contributed by atoms with Crippen LogP contribution < -0.4 is 15.0 Å². The van der Waals surface area contributed by atoms with Gasteiger partial charge in [-0.1, -0.05) is 0 Å².